The van der Waals surface area contributed by atoms with Gasteiger partial charge in [0, 0.05) is 0 Å². The Bertz CT molecular complexity index is 342. The van der Waals surface area contributed by atoms with Crippen LogP contribution in [0.4, 0.5) is 8.78 Å². The predicted molar refractivity (Wildman–Crippen MR) is 43.1 cm³/mol. The van der Waals surface area contributed by atoms with Gasteiger partial charge >= 0.3 is 6.43 Å². The molecule has 0 atom stereocenters. The molecule has 7 heteroatoms. The number of ketones is 1. The van der Waals surface area contributed by atoms with E-state index in [0.717, 1.165) is 4.80 Å². The van der Waals surface area contributed by atoms with Crippen molar-refractivity contribution in [2.75, 3.05) is 0 Å². The first-order valence-corrected chi connectivity index (χ1v) is 3.95. The summed E-state index contributed by atoms with van der Waals surface area (Å²) < 4.78 is 23.9. The van der Waals surface area contributed by atoms with E-state index in [9.17, 15) is 13.6 Å². The number of hydrogen-bond acceptors (Lipinski definition) is 4. The van der Waals surface area contributed by atoms with Crippen molar-refractivity contribution in [3.05, 3.63) is 5.82 Å². The van der Waals surface area contributed by atoms with Crippen LogP contribution in [0.15, 0.2) is 0 Å². The number of carbonyl (C=O) groups excluding carboxylic acids is 1. The Morgan fingerprint density at radius 2 is 2.00 bits per heavy atom. The molecule has 0 radical (unpaired) electrons. The van der Waals surface area contributed by atoms with Crippen LogP contribution in [-0.4, -0.2) is 32.4 Å². The van der Waals surface area contributed by atoms with E-state index in [2.05, 4.69) is 15.4 Å². The summed E-state index contributed by atoms with van der Waals surface area (Å²) in [4.78, 5) is 11.9. The molecule has 0 aliphatic carbocycles. The number of aromatic nitrogens is 4. The van der Waals surface area contributed by atoms with Crippen molar-refractivity contribution in [3.63, 3.8) is 0 Å². The average Bonchev–Trinajstić information content (AvgIpc) is 2.49. The van der Waals surface area contributed by atoms with Gasteiger partial charge in [-0.05, 0) is 26.0 Å². The van der Waals surface area contributed by atoms with Crippen LogP contribution in [0.3, 0.4) is 0 Å². The molecule has 0 aliphatic heterocycles. The number of Topliss-reactive ketones (excluding diaryl/α,β-unsaturated/α-hetero) is 1. The summed E-state index contributed by atoms with van der Waals surface area (Å²) in [5.74, 6) is -1.95. The van der Waals surface area contributed by atoms with Crippen LogP contribution in [0.1, 0.15) is 31.4 Å². The minimum absolute atomic E-state index is 0.479. The molecule has 0 aromatic carbocycles. The summed E-state index contributed by atoms with van der Waals surface area (Å²) in [5, 5.41) is 10.3. The van der Waals surface area contributed by atoms with E-state index in [1.54, 1.807) is 20.8 Å². The van der Waals surface area contributed by atoms with E-state index in [4.69, 9.17) is 0 Å². The van der Waals surface area contributed by atoms with Crippen molar-refractivity contribution in [2.24, 2.45) is 0 Å². The maximum Gasteiger partial charge on any atom is 0.303 e. The number of carbonyl (C=O) groups is 1. The zero-order chi connectivity index (χ0) is 10.9. The molecule has 0 saturated heterocycles. The van der Waals surface area contributed by atoms with Crippen LogP contribution in [0, 0.1) is 0 Å². The van der Waals surface area contributed by atoms with Gasteiger partial charge in [-0.3, -0.25) is 4.79 Å². The molecule has 0 N–H and O–H groups in total. The molecule has 1 rings (SSSR count). The van der Waals surface area contributed by atoms with Crippen LogP contribution in [-0.2, 0) is 5.54 Å². The Balaban J connectivity index is 2.95. The molecule has 1 heterocycles. The second-order valence-corrected chi connectivity index (χ2v) is 3.74. The lowest BCUT2D eigenvalue weighted by molar-refractivity contribution is 0.0666. The molecule has 1 aromatic heterocycles. The highest BCUT2D eigenvalue weighted by Gasteiger charge is 2.25. The van der Waals surface area contributed by atoms with Gasteiger partial charge < -0.3 is 0 Å². The second kappa shape index (κ2) is 3.39. The Hall–Kier alpha value is -1.40. The fraction of sp³-hybridized carbons (Fsp3) is 0.714. The maximum atomic E-state index is 12.0. The van der Waals surface area contributed by atoms with Gasteiger partial charge in [-0.15, -0.1) is 10.2 Å². The Labute approximate surface area is 79.1 Å². The fourth-order valence-electron chi connectivity index (χ4n) is 0.695. The fourth-order valence-corrected chi connectivity index (χ4v) is 0.695. The molecule has 0 aliphatic rings. The molecule has 78 valence electrons. The number of halogens is 2. The minimum atomic E-state index is -3.09. The summed E-state index contributed by atoms with van der Waals surface area (Å²) in [5.41, 5.74) is -0.479. The number of hydrogen-bond donors (Lipinski definition) is 0. The van der Waals surface area contributed by atoms with E-state index in [0.29, 0.717) is 0 Å². The summed E-state index contributed by atoms with van der Waals surface area (Å²) in [6.07, 6.45) is -3.09. The molecule has 14 heavy (non-hydrogen) atoms. The molecule has 0 unspecified atom stereocenters. The SMILES string of the molecule is CC(C)(C)n1nnc(C(=O)C(F)F)n1. The third-order valence-electron chi connectivity index (χ3n) is 1.43. The first kappa shape index (κ1) is 10.7. The highest BCUT2D eigenvalue weighted by atomic mass is 19.3. The highest BCUT2D eigenvalue weighted by Crippen LogP contribution is 2.10. The van der Waals surface area contributed by atoms with Gasteiger partial charge in [-0.1, -0.05) is 0 Å². The zero-order valence-electron chi connectivity index (χ0n) is 8.03. The molecule has 5 nitrogen and oxygen atoms in total. The molecular formula is C7H10F2N4O. The third kappa shape index (κ3) is 2.09. The molecule has 1 aromatic rings. The standard InChI is InChI=1S/C7H10F2N4O/c1-7(2,3)13-11-6(10-12-13)4(14)5(8)9/h5H,1-3H3. The van der Waals surface area contributed by atoms with Crippen LogP contribution < -0.4 is 0 Å². The summed E-state index contributed by atoms with van der Waals surface area (Å²) in [6, 6.07) is 0. The molecule has 0 saturated carbocycles. The number of tetrazole rings is 1. The van der Waals surface area contributed by atoms with Crippen molar-refractivity contribution in [1.82, 2.24) is 20.2 Å². The van der Waals surface area contributed by atoms with Gasteiger partial charge in [-0.25, -0.2) is 8.78 Å². The van der Waals surface area contributed by atoms with Crippen molar-refractivity contribution >= 4 is 5.78 Å². The Morgan fingerprint density at radius 1 is 1.43 bits per heavy atom. The van der Waals surface area contributed by atoms with Gasteiger partial charge in [0.1, 0.15) is 0 Å². The van der Waals surface area contributed by atoms with Crippen LogP contribution in [0.2, 0.25) is 0 Å². The number of rotatable bonds is 2. The van der Waals surface area contributed by atoms with Crippen molar-refractivity contribution < 1.29 is 13.6 Å². The largest absolute Gasteiger partial charge is 0.303 e. The van der Waals surface area contributed by atoms with Gasteiger partial charge in [0.05, 0.1) is 5.54 Å². The lowest BCUT2D eigenvalue weighted by atomic mass is 10.1. The Kier molecular flexibility index (Phi) is 2.59. The molecule has 0 bridgehead atoms. The zero-order valence-corrected chi connectivity index (χ0v) is 8.03. The van der Waals surface area contributed by atoms with Crippen LogP contribution in [0.5, 0.6) is 0 Å². The maximum absolute atomic E-state index is 12.0. The normalized spacial score (nSPS) is 12.1. The van der Waals surface area contributed by atoms with E-state index in [1.807, 2.05) is 0 Å². The number of nitrogens with zero attached hydrogens (tertiary/aromatic N) is 4. The Morgan fingerprint density at radius 3 is 2.36 bits per heavy atom. The first-order chi connectivity index (χ1) is 6.32. The van der Waals surface area contributed by atoms with Gasteiger partial charge in [0.2, 0.25) is 5.82 Å². The van der Waals surface area contributed by atoms with Gasteiger partial charge in [-0.2, -0.15) is 4.80 Å². The van der Waals surface area contributed by atoms with Crippen LogP contribution >= 0.6 is 0 Å². The monoisotopic (exact) mass is 204 g/mol. The van der Waals surface area contributed by atoms with Crippen molar-refractivity contribution in [1.29, 1.82) is 0 Å². The second-order valence-electron chi connectivity index (χ2n) is 3.74. The van der Waals surface area contributed by atoms with Crippen molar-refractivity contribution in [2.45, 2.75) is 32.7 Å². The van der Waals surface area contributed by atoms with E-state index < -0.39 is 23.6 Å². The molecule has 0 amide bonds. The summed E-state index contributed by atoms with van der Waals surface area (Å²) in [6.45, 7) is 5.31. The molecule has 0 spiro atoms. The minimum Gasteiger partial charge on any atom is -0.284 e. The van der Waals surface area contributed by atoms with E-state index in [1.165, 1.54) is 0 Å². The van der Waals surface area contributed by atoms with Gasteiger partial charge in [0.15, 0.2) is 0 Å². The van der Waals surface area contributed by atoms with Crippen LogP contribution in [0.25, 0.3) is 0 Å². The topological polar surface area (TPSA) is 60.7 Å². The lowest BCUT2D eigenvalue weighted by Crippen LogP contribution is -2.25. The first-order valence-electron chi connectivity index (χ1n) is 3.95. The quantitative estimate of drug-likeness (QED) is 0.671. The smallest absolute Gasteiger partial charge is 0.284 e. The van der Waals surface area contributed by atoms with E-state index in [-0.39, 0.29) is 0 Å². The molecule has 0 fully saturated rings. The number of alkyl halides is 2. The van der Waals surface area contributed by atoms with Crippen molar-refractivity contribution in [3.8, 4) is 0 Å². The van der Waals surface area contributed by atoms with E-state index >= 15 is 0 Å². The highest BCUT2D eigenvalue weighted by molar-refractivity contribution is 5.94. The summed E-state index contributed by atoms with van der Waals surface area (Å²) in [7, 11) is 0. The lowest BCUT2D eigenvalue weighted by Gasteiger charge is -2.15. The third-order valence-corrected chi connectivity index (χ3v) is 1.43. The average molecular weight is 204 g/mol. The molecular weight excluding hydrogens is 194 g/mol. The predicted octanol–water partition coefficient (Wildman–Crippen LogP) is 0.876. The van der Waals surface area contributed by atoms with Gasteiger partial charge in [0.25, 0.3) is 5.78 Å². The summed E-state index contributed by atoms with van der Waals surface area (Å²) >= 11 is 0.